The fourth-order valence-corrected chi connectivity index (χ4v) is 4.68. The summed E-state index contributed by atoms with van der Waals surface area (Å²) < 4.78 is 25.0. The van der Waals surface area contributed by atoms with Gasteiger partial charge in [-0.05, 0) is 59.7 Å². The van der Waals surface area contributed by atoms with Crippen molar-refractivity contribution in [1.82, 2.24) is 9.29 Å². The standard InChI is InChI=1S/C22H22N4O2S/c1-29(27,28)26-9-6-20(7-10-26)25-22-13-19(12-18-5-8-24-15-21(18)22)17-4-2-3-16(11-17)14-23/h2-5,8,11-13,15,20,25H,6-7,9-10H2,1H3. The number of piperidine rings is 1. The first kappa shape index (κ1) is 19.4. The number of hydrogen-bond acceptors (Lipinski definition) is 5. The topological polar surface area (TPSA) is 86.1 Å². The van der Waals surface area contributed by atoms with Crippen molar-refractivity contribution in [1.29, 1.82) is 5.26 Å². The number of benzene rings is 2. The minimum atomic E-state index is -3.14. The van der Waals surface area contributed by atoms with Gasteiger partial charge >= 0.3 is 0 Å². The summed E-state index contributed by atoms with van der Waals surface area (Å²) in [5.41, 5.74) is 3.61. The number of rotatable bonds is 4. The zero-order valence-electron chi connectivity index (χ0n) is 16.2. The molecule has 6 nitrogen and oxygen atoms in total. The third-order valence-corrected chi connectivity index (χ3v) is 6.67. The predicted molar refractivity (Wildman–Crippen MR) is 115 cm³/mol. The maximum Gasteiger partial charge on any atom is 0.211 e. The molecule has 29 heavy (non-hydrogen) atoms. The molecule has 0 radical (unpaired) electrons. The highest BCUT2D eigenvalue weighted by molar-refractivity contribution is 7.88. The van der Waals surface area contributed by atoms with Gasteiger partial charge in [0.05, 0.1) is 17.9 Å². The van der Waals surface area contributed by atoms with Gasteiger partial charge in [0.25, 0.3) is 0 Å². The Labute approximate surface area is 170 Å². The predicted octanol–water partition coefficient (Wildman–Crippen LogP) is 3.61. The van der Waals surface area contributed by atoms with Gasteiger partial charge in [0.1, 0.15) is 0 Å². The number of hydrogen-bond donors (Lipinski definition) is 1. The van der Waals surface area contributed by atoms with Gasteiger partial charge in [-0.3, -0.25) is 4.98 Å². The Morgan fingerprint density at radius 1 is 1.14 bits per heavy atom. The van der Waals surface area contributed by atoms with E-state index in [2.05, 4.69) is 28.5 Å². The van der Waals surface area contributed by atoms with Crippen molar-refractivity contribution in [2.45, 2.75) is 18.9 Å². The fourth-order valence-electron chi connectivity index (χ4n) is 3.80. The Bertz CT molecular complexity index is 1190. The summed E-state index contributed by atoms with van der Waals surface area (Å²) in [6, 6.07) is 16.1. The van der Waals surface area contributed by atoms with Crippen LogP contribution in [0.3, 0.4) is 0 Å². The molecule has 0 amide bonds. The van der Waals surface area contributed by atoms with Gasteiger partial charge in [0.15, 0.2) is 0 Å². The Morgan fingerprint density at radius 3 is 2.66 bits per heavy atom. The van der Waals surface area contributed by atoms with Gasteiger partial charge in [-0.25, -0.2) is 12.7 Å². The highest BCUT2D eigenvalue weighted by atomic mass is 32.2. The normalized spacial score (nSPS) is 15.9. The molecule has 1 fully saturated rings. The molecule has 4 rings (SSSR count). The van der Waals surface area contributed by atoms with Gasteiger partial charge < -0.3 is 5.32 Å². The first-order valence-electron chi connectivity index (χ1n) is 9.54. The smallest absolute Gasteiger partial charge is 0.211 e. The van der Waals surface area contributed by atoms with Crippen LogP contribution in [0.4, 0.5) is 5.69 Å². The van der Waals surface area contributed by atoms with Crippen LogP contribution >= 0.6 is 0 Å². The van der Waals surface area contributed by atoms with Crippen molar-refractivity contribution < 1.29 is 8.42 Å². The lowest BCUT2D eigenvalue weighted by Crippen LogP contribution is -2.41. The van der Waals surface area contributed by atoms with Gasteiger partial charge in [-0.2, -0.15) is 5.26 Å². The van der Waals surface area contributed by atoms with Crippen molar-refractivity contribution >= 4 is 26.5 Å². The first-order valence-corrected chi connectivity index (χ1v) is 11.4. The van der Waals surface area contributed by atoms with E-state index in [1.807, 2.05) is 30.5 Å². The van der Waals surface area contributed by atoms with Crippen molar-refractivity contribution in [2.24, 2.45) is 0 Å². The number of anilines is 1. The van der Waals surface area contributed by atoms with Crippen LogP contribution in [0.25, 0.3) is 21.9 Å². The van der Waals surface area contributed by atoms with E-state index in [4.69, 9.17) is 0 Å². The molecule has 0 atom stereocenters. The average Bonchev–Trinajstić information content (AvgIpc) is 2.73. The number of nitriles is 1. The third kappa shape index (κ3) is 4.24. The third-order valence-electron chi connectivity index (χ3n) is 5.36. The summed E-state index contributed by atoms with van der Waals surface area (Å²) in [4.78, 5) is 4.27. The van der Waals surface area contributed by atoms with Crippen LogP contribution < -0.4 is 5.32 Å². The number of fused-ring (bicyclic) bond motifs is 1. The quantitative estimate of drug-likeness (QED) is 0.715. The first-order chi connectivity index (χ1) is 13.9. The Morgan fingerprint density at radius 2 is 1.93 bits per heavy atom. The van der Waals surface area contributed by atoms with E-state index in [0.29, 0.717) is 18.7 Å². The second-order valence-corrected chi connectivity index (χ2v) is 9.38. The van der Waals surface area contributed by atoms with Crippen molar-refractivity contribution in [3.8, 4) is 17.2 Å². The minimum Gasteiger partial charge on any atom is -0.382 e. The zero-order valence-corrected chi connectivity index (χ0v) is 17.0. The zero-order chi connectivity index (χ0) is 20.4. The second kappa shape index (κ2) is 7.82. The van der Waals surface area contributed by atoms with Gasteiger partial charge in [-0.1, -0.05) is 12.1 Å². The van der Waals surface area contributed by atoms with Crippen LogP contribution in [0.5, 0.6) is 0 Å². The lowest BCUT2D eigenvalue weighted by molar-refractivity contribution is 0.332. The second-order valence-electron chi connectivity index (χ2n) is 7.39. The maximum absolute atomic E-state index is 11.8. The molecule has 0 spiro atoms. The molecule has 2 heterocycles. The number of nitrogens with zero attached hydrogens (tertiary/aromatic N) is 3. The molecule has 148 valence electrons. The molecule has 2 aromatic carbocycles. The summed E-state index contributed by atoms with van der Waals surface area (Å²) in [5, 5.41) is 14.9. The van der Waals surface area contributed by atoms with E-state index in [-0.39, 0.29) is 6.04 Å². The van der Waals surface area contributed by atoms with Gasteiger partial charge in [0, 0.05) is 42.6 Å². The van der Waals surface area contributed by atoms with Crippen LogP contribution in [0.2, 0.25) is 0 Å². The molecule has 1 saturated heterocycles. The Kier molecular flexibility index (Phi) is 5.22. The minimum absolute atomic E-state index is 0.192. The number of sulfonamides is 1. The highest BCUT2D eigenvalue weighted by Crippen LogP contribution is 2.32. The largest absolute Gasteiger partial charge is 0.382 e. The lowest BCUT2D eigenvalue weighted by atomic mass is 9.98. The van der Waals surface area contributed by atoms with Crippen molar-refractivity contribution in [3.63, 3.8) is 0 Å². The SMILES string of the molecule is CS(=O)(=O)N1CCC(Nc2cc(-c3cccc(C#N)c3)cc3ccncc23)CC1. The molecule has 0 bridgehead atoms. The molecular formula is C22H22N4O2S. The van der Waals surface area contributed by atoms with E-state index in [9.17, 15) is 13.7 Å². The molecular weight excluding hydrogens is 384 g/mol. The highest BCUT2D eigenvalue weighted by Gasteiger charge is 2.25. The summed E-state index contributed by atoms with van der Waals surface area (Å²) in [5.74, 6) is 0. The van der Waals surface area contributed by atoms with Gasteiger partial charge in [0.2, 0.25) is 10.0 Å². The van der Waals surface area contributed by atoms with E-state index in [1.54, 1.807) is 12.3 Å². The summed E-state index contributed by atoms with van der Waals surface area (Å²) in [6.45, 7) is 1.05. The average molecular weight is 407 g/mol. The number of nitrogens with one attached hydrogen (secondary N) is 1. The molecule has 3 aromatic rings. The Balaban J connectivity index is 1.66. The molecule has 1 aliphatic rings. The van der Waals surface area contributed by atoms with Crippen LogP contribution in [-0.4, -0.2) is 43.1 Å². The summed E-state index contributed by atoms with van der Waals surface area (Å²) in [7, 11) is -3.14. The number of aromatic nitrogens is 1. The lowest BCUT2D eigenvalue weighted by Gasteiger charge is -2.31. The fraction of sp³-hybridized carbons (Fsp3) is 0.273. The maximum atomic E-state index is 11.8. The summed E-state index contributed by atoms with van der Waals surface area (Å²) in [6.07, 6.45) is 6.38. The molecule has 1 aliphatic heterocycles. The molecule has 0 unspecified atom stereocenters. The van der Waals surface area contributed by atoms with Crippen molar-refractivity contribution in [3.05, 3.63) is 60.4 Å². The van der Waals surface area contributed by atoms with E-state index in [0.717, 1.165) is 40.4 Å². The molecule has 1 N–H and O–H groups in total. The van der Waals surface area contributed by atoms with Crippen LogP contribution in [0.1, 0.15) is 18.4 Å². The molecule has 0 aliphatic carbocycles. The van der Waals surface area contributed by atoms with Gasteiger partial charge in [-0.15, -0.1) is 0 Å². The van der Waals surface area contributed by atoms with Crippen molar-refractivity contribution in [2.75, 3.05) is 24.7 Å². The van der Waals surface area contributed by atoms with E-state index < -0.39 is 10.0 Å². The molecule has 0 saturated carbocycles. The van der Waals surface area contributed by atoms with Crippen LogP contribution in [0.15, 0.2) is 54.9 Å². The molecule has 7 heteroatoms. The van der Waals surface area contributed by atoms with E-state index >= 15 is 0 Å². The van der Waals surface area contributed by atoms with Crippen LogP contribution in [-0.2, 0) is 10.0 Å². The monoisotopic (exact) mass is 406 g/mol. The van der Waals surface area contributed by atoms with Crippen LogP contribution in [0, 0.1) is 11.3 Å². The number of pyridine rings is 1. The molecule has 1 aromatic heterocycles. The Hall–Kier alpha value is -2.95. The summed E-state index contributed by atoms with van der Waals surface area (Å²) >= 11 is 0. The van der Waals surface area contributed by atoms with E-state index in [1.165, 1.54) is 10.6 Å².